The van der Waals surface area contributed by atoms with Crippen LogP contribution >= 0.6 is 0 Å². The summed E-state index contributed by atoms with van der Waals surface area (Å²) in [4.78, 5) is 24.5. The molecule has 2 aromatic carbocycles. The third kappa shape index (κ3) is 3.31. The van der Waals surface area contributed by atoms with E-state index >= 15 is 0 Å². The Hall–Kier alpha value is -3.48. The van der Waals surface area contributed by atoms with E-state index in [1.807, 2.05) is 0 Å². The van der Waals surface area contributed by atoms with Crippen molar-refractivity contribution in [2.75, 3.05) is 21.3 Å². The standard InChI is InChI=1S/C20H19NO6/c1-25-12-6-4-5-11(9-12)18(22)16-17(21-20(24)19(16)23)14-8-7-13(26-2)10-15(14)27-3/h4-10,17,22H,1-3H3,(H,21,24). The van der Waals surface area contributed by atoms with Gasteiger partial charge in [0, 0.05) is 17.2 Å². The third-order valence-electron chi connectivity index (χ3n) is 4.36. The monoisotopic (exact) mass is 369 g/mol. The van der Waals surface area contributed by atoms with Crippen LogP contribution in [0.15, 0.2) is 48.0 Å². The second-order valence-electron chi connectivity index (χ2n) is 5.84. The molecule has 0 radical (unpaired) electrons. The van der Waals surface area contributed by atoms with E-state index in [4.69, 9.17) is 14.2 Å². The summed E-state index contributed by atoms with van der Waals surface area (Å²) in [5.74, 6) is -0.373. The summed E-state index contributed by atoms with van der Waals surface area (Å²) in [7, 11) is 4.50. The smallest absolute Gasteiger partial charge is 0.293 e. The number of rotatable bonds is 5. The van der Waals surface area contributed by atoms with Gasteiger partial charge in [-0.2, -0.15) is 0 Å². The van der Waals surface area contributed by atoms with Crippen LogP contribution in [0, 0.1) is 0 Å². The minimum atomic E-state index is -0.850. The second-order valence-corrected chi connectivity index (χ2v) is 5.84. The van der Waals surface area contributed by atoms with Gasteiger partial charge in [-0.3, -0.25) is 9.59 Å². The van der Waals surface area contributed by atoms with Gasteiger partial charge < -0.3 is 24.6 Å². The van der Waals surface area contributed by atoms with Crippen molar-refractivity contribution in [2.24, 2.45) is 0 Å². The molecule has 0 aromatic heterocycles. The molecule has 0 saturated carbocycles. The zero-order chi connectivity index (χ0) is 19.6. The number of carbonyl (C=O) groups excluding carboxylic acids is 2. The number of amides is 1. The number of hydrogen-bond donors (Lipinski definition) is 2. The number of methoxy groups -OCH3 is 3. The summed E-state index contributed by atoms with van der Waals surface area (Å²) in [5.41, 5.74) is 0.852. The molecule has 0 bridgehead atoms. The van der Waals surface area contributed by atoms with Crippen molar-refractivity contribution < 1.29 is 28.9 Å². The summed E-state index contributed by atoms with van der Waals surface area (Å²) in [6, 6.07) is 10.8. The van der Waals surface area contributed by atoms with Gasteiger partial charge in [0.25, 0.3) is 11.7 Å². The quantitative estimate of drug-likeness (QED) is 0.478. The Kier molecular flexibility index (Phi) is 5.03. The number of ether oxygens (including phenoxy) is 3. The molecule has 1 aliphatic heterocycles. The average molecular weight is 369 g/mol. The normalized spacial score (nSPS) is 18.1. The van der Waals surface area contributed by atoms with Gasteiger partial charge in [0.2, 0.25) is 0 Å². The van der Waals surface area contributed by atoms with E-state index in [0.717, 1.165) is 0 Å². The predicted molar refractivity (Wildman–Crippen MR) is 98.0 cm³/mol. The van der Waals surface area contributed by atoms with Crippen LogP contribution in [0.5, 0.6) is 17.2 Å². The summed E-state index contributed by atoms with van der Waals surface area (Å²) < 4.78 is 15.7. The largest absolute Gasteiger partial charge is 0.507 e. The lowest BCUT2D eigenvalue weighted by Crippen LogP contribution is -2.21. The Bertz CT molecular complexity index is 934. The van der Waals surface area contributed by atoms with E-state index in [9.17, 15) is 14.7 Å². The van der Waals surface area contributed by atoms with Crippen molar-refractivity contribution in [1.29, 1.82) is 0 Å². The lowest BCUT2D eigenvalue weighted by Gasteiger charge is -2.17. The molecule has 1 unspecified atom stereocenters. The maximum atomic E-state index is 12.5. The highest BCUT2D eigenvalue weighted by molar-refractivity contribution is 6.46. The topological polar surface area (TPSA) is 94.1 Å². The van der Waals surface area contributed by atoms with Crippen LogP contribution in [0.4, 0.5) is 0 Å². The highest BCUT2D eigenvalue weighted by Crippen LogP contribution is 2.38. The predicted octanol–water partition coefficient (Wildman–Crippen LogP) is 2.42. The summed E-state index contributed by atoms with van der Waals surface area (Å²) in [6.07, 6.45) is 0. The minimum absolute atomic E-state index is 0.0447. The molecule has 0 spiro atoms. The number of hydrogen-bond acceptors (Lipinski definition) is 6. The molecular formula is C20H19NO6. The van der Waals surface area contributed by atoms with Crippen LogP contribution in [-0.4, -0.2) is 38.1 Å². The summed E-state index contributed by atoms with van der Waals surface area (Å²) in [6.45, 7) is 0. The first-order valence-electron chi connectivity index (χ1n) is 8.14. The first-order chi connectivity index (χ1) is 13.0. The van der Waals surface area contributed by atoms with Crippen molar-refractivity contribution in [3.63, 3.8) is 0 Å². The van der Waals surface area contributed by atoms with Crippen molar-refractivity contribution in [2.45, 2.75) is 6.04 Å². The number of aliphatic hydroxyl groups is 1. The van der Waals surface area contributed by atoms with Gasteiger partial charge in [-0.15, -0.1) is 0 Å². The molecule has 1 heterocycles. The second kappa shape index (κ2) is 7.41. The van der Waals surface area contributed by atoms with E-state index in [-0.39, 0.29) is 11.3 Å². The fourth-order valence-electron chi connectivity index (χ4n) is 2.98. The summed E-state index contributed by atoms with van der Waals surface area (Å²) >= 11 is 0. The number of nitrogens with one attached hydrogen (secondary N) is 1. The van der Waals surface area contributed by atoms with E-state index in [0.29, 0.717) is 28.4 Å². The van der Waals surface area contributed by atoms with Gasteiger partial charge in [0.1, 0.15) is 23.0 Å². The number of aliphatic hydroxyl groups excluding tert-OH is 1. The average Bonchev–Trinajstić information content (AvgIpc) is 3.01. The molecule has 1 amide bonds. The van der Waals surface area contributed by atoms with Crippen molar-refractivity contribution in [3.05, 3.63) is 59.2 Å². The maximum Gasteiger partial charge on any atom is 0.293 e. The molecule has 1 fully saturated rings. The van der Waals surface area contributed by atoms with E-state index < -0.39 is 17.7 Å². The SMILES string of the molecule is COc1cccc(C(O)=C2C(=O)C(=O)NC2c2ccc(OC)cc2OC)c1. The summed E-state index contributed by atoms with van der Waals surface area (Å²) in [5, 5.41) is 13.4. The molecular weight excluding hydrogens is 350 g/mol. The third-order valence-corrected chi connectivity index (χ3v) is 4.36. The zero-order valence-corrected chi connectivity index (χ0v) is 15.1. The number of carbonyl (C=O) groups is 2. The van der Waals surface area contributed by atoms with Gasteiger partial charge in [0.15, 0.2) is 0 Å². The fraction of sp³-hybridized carbons (Fsp3) is 0.200. The Morgan fingerprint density at radius 3 is 2.33 bits per heavy atom. The van der Waals surface area contributed by atoms with Crippen LogP contribution in [0.2, 0.25) is 0 Å². The van der Waals surface area contributed by atoms with Crippen LogP contribution in [0.3, 0.4) is 0 Å². The van der Waals surface area contributed by atoms with E-state index in [1.54, 1.807) is 42.5 Å². The van der Waals surface area contributed by atoms with Gasteiger partial charge in [-0.25, -0.2) is 0 Å². The maximum absolute atomic E-state index is 12.5. The lowest BCUT2D eigenvalue weighted by atomic mass is 9.95. The Morgan fingerprint density at radius 2 is 1.67 bits per heavy atom. The zero-order valence-electron chi connectivity index (χ0n) is 15.1. The van der Waals surface area contributed by atoms with Crippen molar-refractivity contribution >= 4 is 17.4 Å². The van der Waals surface area contributed by atoms with E-state index in [1.165, 1.54) is 21.3 Å². The molecule has 140 valence electrons. The lowest BCUT2D eigenvalue weighted by molar-refractivity contribution is -0.133. The van der Waals surface area contributed by atoms with E-state index in [2.05, 4.69) is 5.32 Å². The molecule has 1 aliphatic rings. The molecule has 0 aliphatic carbocycles. The van der Waals surface area contributed by atoms with Crippen LogP contribution in [0.25, 0.3) is 5.76 Å². The van der Waals surface area contributed by atoms with Crippen LogP contribution in [0.1, 0.15) is 17.2 Å². The molecule has 7 heteroatoms. The van der Waals surface area contributed by atoms with Crippen LogP contribution < -0.4 is 19.5 Å². The molecule has 27 heavy (non-hydrogen) atoms. The molecule has 1 saturated heterocycles. The number of benzene rings is 2. The Morgan fingerprint density at radius 1 is 0.963 bits per heavy atom. The Balaban J connectivity index is 2.15. The first-order valence-corrected chi connectivity index (χ1v) is 8.14. The first kappa shape index (κ1) is 18.3. The van der Waals surface area contributed by atoms with Crippen LogP contribution in [-0.2, 0) is 9.59 Å². The highest BCUT2D eigenvalue weighted by atomic mass is 16.5. The minimum Gasteiger partial charge on any atom is -0.507 e. The van der Waals surface area contributed by atoms with Gasteiger partial charge in [0.05, 0.1) is 32.9 Å². The Labute approximate surface area is 156 Å². The van der Waals surface area contributed by atoms with Gasteiger partial charge in [-0.05, 0) is 24.3 Å². The molecule has 7 nitrogen and oxygen atoms in total. The van der Waals surface area contributed by atoms with Gasteiger partial charge >= 0.3 is 0 Å². The fourth-order valence-corrected chi connectivity index (χ4v) is 2.98. The van der Waals surface area contributed by atoms with Gasteiger partial charge in [-0.1, -0.05) is 12.1 Å². The van der Waals surface area contributed by atoms with Crippen molar-refractivity contribution in [1.82, 2.24) is 5.32 Å². The molecule has 2 N–H and O–H groups in total. The molecule has 1 atom stereocenters. The molecule has 3 rings (SSSR count). The highest BCUT2D eigenvalue weighted by Gasteiger charge is 2.40. The van der Waals surface area contributed by atoms with Crippen molar-refractivity contribution in [3.8, 4) is 17.2 Å². The molecule has 2 aromatic rings. The number of Topliss-reactive ketones (excluding diaryl/α,β-unsaturated/α-hetero) is 1. The number of ketones is 1.